The van der Waals surface area contributed by atoms with Crippen LogP contribution in [-0.2, 0) is 4.79 Å². The van der Waals surface area contributed by atoms with Gasteiger partial charge in [0, 0.05) is 7.05 Å². The Hall–Kier alpha value is -1.92. The molecule has 0 saturated carbocycles. The standard InChI is InChI=1S/C9H11FN4O2/c1-11-9-12-2-7(10)8(13-9)16-6-3-14(4-6)5-15/h2,5-6H,3-4H2,1H3,(H,11,12,13). The first kappa shape index (κ1) is 10.6. The molecule has 6 nitrogen and oxygen atoms in total. The number of rotatable bonds is 4. The number of carbonyl (C=O) groups is 1. The number of halogens is 1. The van der Waals surface area contributed by atoms with Crippen LogP contribution in [0.1, 0.15) is 0 Å². The molecule has 1 aliphatic rings. The SMILES string of the molecule is CNc1ncc(F)c(OC2CN(C=O)C2)n1. The first-order valence-corrected chi connectivity index (χ1v) is 4.79. The fraction of sp³-hybridized carbons (Fsp3) is 0.444. The van der Waals surface area contributed by atoms with Crippen molar-refractivity contribution < 1.29 is 13.9 Å². The van der Waals surface area contributed by atoms with Crippen LogP contribution in [0.25, 0.3) is 0 Å². The summed E-state index contributed by atoms with van der Waals surface area (Å²) in [6, 6.07) is 0. The van der Waals surface area contributed by atoms with E-state index in [1.54, 1.807) is 7.05 Å². The van der Waals surface area contributed by atoms with Crippen LogP contribution in [0.4, 0.5) is 10.3 Å². The largest absolute Gasteiger partial charge is 0.468 e. The van der Waals surface area contributed by atoms with Gasteiger partial charge < -0.3 is 15.0 Å². The van der Waals surface area contributed by atoms with Gasteiger partial charge in [-0.1, -0.05) is 0 Å². The maximum absolute atomic E-state index is 13.2. The smallest absolute Gasteiger partial charge is 0.255 e. The van der Waals surface area contributed by atoms with E-state index in [0.29, 0.717) is 19.0 Å². The lowest BCUT2D eigenvalue weighted by molar-refractivity contribution is -0.126. The topological polar surface area (TPSA) is 67.4 Å². The average Bonchev–Trinajstić information content (AvgIpc) is 2.25. The summed E-state index contributed by atoms with van der Waals surface area (Å²) in [4.78, 5) is 19.4. The zero-order chi connectivity index (χ0) is 11.5. The van der Waals surface area contributed by atoms with Gasteiger partial charge >= 0.3 is 0 Å². The Morgan fingerprint density at radius 3 is 3.06 bits per heavy atom. The van der Waals surface area contributed by atoms with Crippen LogP contribution in [-0.4, -0.2) is 47.5 Å². The molecule has 0 aliphatic carbocycles. The van der Waals surface area contributed by atoms with Gasteiger partial charge in [-0.3, -0.25) is 4.79 Å². The molecule has 0 spiro atoms. The van der Waals surface area contributed by atoms with Crippen molar-refractivity contribution in [3.05, 3.63) is 12.0 Å². The van der Waals surface area contributed by atoms with Gasteiger partial charge in [0.2, 0.25) is 18.2 Å². The Bertz CT molecular complexity index is 395. The van der Waals surface area contributed by atoms with Crippen LogP contribution in [0.2, 0.25) is 0 Å². The molecule has 0 aromatic carbocycles. The summed E-state index contributed by atoms with van der Waals surface area (Å²) in [6.45, 7) is 0.920. The van der Waals surface area contributed by atoms with E-state index in [1.807, 2.05) is 0 Å². The fourth-order valence-electron chi connectivity index (χ4n) is 1.34. The molecule has 1 N–H and O–H groups in total. The van der Waals surface area contributed by atoms with Crippen molar-refractivity contribution in [3.63, 3.8) is 0 Å². The molecule has 1 aliphatic heterocycles. The lowest BCUT2D eigenvalue weighted by Gasteiger charge is -2.35. The lowest BCUT2D eigenvalue weighted by Crippen LogP contribution is -2.53. The van der Waals surface area contributed by atoms with Crippen molar-refractivity contribution in [3.8, 4) is 5.88 Å². The van der Waals surface area contributed by atoms with Gasteiger partial charge in [-0.05, 0) is 0 Å². The van der Waals surface area contributed by atoms with Crippen molar-refractivity contribution in [1.82, 2.24) is 14.9 Å². The van der Waals surface area contributed by atoms with Crippen LogP contribution >= 0.6 is 0 Å². The van der Waals surface area contributed by atoms with Crippen LogP contribution in [0.15, 0.2) is 6.20 Å². The van der Waals surface area contributed by atoms with Crippen LogP contribution < -0.4 is 10.1 Å². The minimum absolute atomic E-state index is 0.0881. The molecule has 7 heteroatoms. The molecular weight excluding hydrogens is 215 g/mol. The van der Waals surface area contributed by atoms with Gasteiger partial charge in [-0.2, -0.15) is 9.37 Å². The Morgan fingerprint density at radius 2 is 2.44 bits per heavy atom. The summed E-state index contributed by atoms with van der Waals surface area (Å²) in [5.74, 6) is -0.401. The molecule has 1 aromatic heterocycles. The Kier molecular flexibility index (Phi) is 2.84. The van der Waals surface area contributed by atoms with Crippen molar-refractivity contribution in [2.75, 3.05) is 25.5 Å². The van der Waals surface area contributed by atoms with E-state index >= 15 is 0 Å². The molecule has 1 saturated heterocycles. The van der Waals surface area contributed by atoms with E-state index in [9.17, 15) is 9.18 Å². The zero-order valence-electron chi connectivity index (χ0n) is 8.68. The molecule has 0 unspecified atom stereocenters. The molecule has 1 aromatic rings. The highest BCUT2D eigenvalue weighted by Gasteiger charge is 2.28. The van der Waals surface area contributed by atoms with Crippen LogP contribution in [0.3, 0.4) is 0 Å². The summed E-state index contributed by atoms with van der Waals surface area (Å²) in [6.07, 6.45) is 1.58. The summed E-state index contributed by atoms with van der Waals surface area (Å²) >= 11 is 0. The predicted molar refractivity (Wildman–Crippen MR) is 53.6 cm³/mol. The summed E-state index contributed by atoms with van der Waals surface area (Å²) < 4.78 is 18.5. The maximum atomic E-state index is 13.2. The van der Waals surface area contributed by atoms with Gasteiger partial charge in [0.25, 0.3) is 5.88 Å². The first-order valence-electron chi connectivity index (χ1n) is 4.79. The summed E-state index contributed by atoms with van der Waals surface area (Å²) in [5, 5.41) is 2.69. The Balaban J connectivity index is 2.01. The summed E-state index contributed by atoms with van der Waals surface area (Å²) in [5.41, 5.74) is 0. The first-order chi connectivity index (χ1) is 7.72. The van der Waals surface area contributed by atoms with Crippen molar-refractivity contribution in [1.29, 1.82) is 0 Å². The molecule has 1 fully saturated rings. The molecule has 0 radical (unpaired) electrons. The number of nitrogens with zero attached hydrogens (tertiary/aromatic N) is 3. The number of hydrogen-bond acceptors (Lipinski definition) is 5. The number of amides is 1. The number of hydrogen-bond donors (Lipinski definition) is 1. The second-order valence-electron chi connectivity index (χ2n) is 3.40. The average molecular weight is 226 g/mol. The summed E-state index contributed by atoms with van der Waals surface area (Å²) in [7, 11) is 1.63. The number of anilines is 1. The van der Waals surface area contributed by atoms with Gasteiger partial charge in [0.15, 0.2) is 0 Å². The molecular formula is C9H11FN4O2. The number of nitrogens with one attached hydrogen (secondary N) is 1. The van der Waals surface area contributed by atoms with E-state index < -0.39 is 5.82 Å². The van der Waals surface area contributed by atoms with Gasteiger partial charge in [-0.15, -0.1) is 0 Å². The molecule has 2 heterocycles. The van der Waals surface area contributed by atoms with Crippen LogP contribution in [0, 0.1) is 5.82 Å². The van der Waals surface area contributed by atoms with E-state index in [4.69, 9.17) is 4.74 Å². The molecule has 0 bridgehead atoms. The van der Waals surface area contributed by atoms with Gasteiger partial charge in [0.1, 0.15) is 6.10 Å². The second-order valence-corrected chi connectivity index (χ2v) is 3.40. The maximum Gasteiger partial charge on any atom is 0.255 e. The molecule has 1 amide bonds. The minimum Gasteiger partial charge on any atom is -0.468 e. The Morgan fingerprint density at radius 1 is 1.69 bits per heavy atom. The van der Waals surface area contributed by atoms with E-state index in [-0.39, 0.29) is 12.0 Å². The van der Waals surface area contributed by atoms with Crippen molar-refractivity contribution in [2.45, 2.75) is 6.10 Å². The van der Waals surface area contributed by atoms with E-state index in [2.05, 4.69) is 15.3 Å². The van der Waals surface area contributed by atoms with Gasteiger partial charge in [0.05, 0.1) is 19.3 Å². The predicted octanol–water partition coefficient (Wildman–Crippen LogP) is -0.123. The third-order valence-corrected chi connectivity index (χ3v) is 2.24. The van der Waals surface area contributed by atoms with E-state index in [0.717, 1.165) is 12.6 Å². The third-order valence-electron chi connectivity index (χ3n) is 2.24. The fourth-order valence-corrected chi connectivity index (χ4v) is 1.34. The minimum atomic E-state index is -0.608. The third kappa shape index (κ3) is 2.02. The van der Waals surface area contributed by atoms with Crippen molar-refractivity contribution >= 4 is 12.4 Å². The van der Waals surface area contributed by atoms with Gasteiger partial charge in [-0.25, -0.2) is 4.98 Å². The van der Waals surface area contributed by atoms with Crippen molar-refractivity contribution in [2.24, 2.45) is 0 Å². The second kappa shape index (κ2) is 4.30. The van der Waals surface area contributed by atoms with E-state index in [1.165, 1.54) is 4.90 Å². The highest BCUT2D eigenvalue weighted by Crippen LogP contribution is 2.19. The molecule has 0 atom stereocenters. The number of ether oxygens (including phenoxy) is 1. The quantitative estimate of drug-likeness (QED) is 0.725. The zero-order valence-corrected chi connectivity index (χ0v) is 8.68. The lowest BCUT2D eigenvalue weighted by atomic mass is 10.2. The molecule has 86 valence electrons. The highest BCUT2D eigenvalue weighted by molar-refractivity contribution is 5.49. The Labute approximate surface area is 91.4 Å². The number of aromatic nitrogens is 2. The number of carbonyl (C=O) groups excluding carboxylic acids is 1. The monoisotopic (exact) mass is 226 g/mol. The normalized spacial score (nSPS) is 15.5. The molecule has 16 heavy (non-hydrogen) atoms. The van der Waals surface area contributed by atoms with Crippen LogP contribution in [0.5, 0.6) is 5.88 Å². The highest BCUT2D eigenvalue weighted by atomic mass is 19.1. The molecule has 2 rings (SSSR count). The number of likely N-dealkylation sites (tertiary alicyclic amines) is 1.